The third-order valence-electron chi connectivity index (χ3n) is 7.47. The normalized spacial score (nSPS) is 20.9. The van der Waals surface area contributed by atoms with Crippen LogP contribution in [-0.2, 0) is 21.4 Å². The lowest BCUT2D eigenvalue weighted by Gasteiger charge is -2.33. The van der Waals surface area contributed by atoms with Gasteiger partial charge in [0.1, 0.15) is 5.75 Å². The molecule has 0 radical (unpaired) electrons. The number of benzene rings is 3. The summed E-state index contributed by atoms with van der Waals surface area (Å²) in [5.74, 6) is 0.531. The first-order valence-corrected chi connectivity index (χ1v) is 12.4. The van der Waals surface area contributed by atoms with Crippen molar-refractivity contribution in [3.8, 4) is 16.9 Å². The summed E-state index contributed by atoms with van der Waals surface area (Å²) in [7, 11) is 0. The van der Waals surface area contributed by atoms with Crippen LogP contribution in [-0.4, -0.2) is 24.3 Å². The molecule has 176 valence electrons. The minimum atomic E-state index is -0.603. The van der Waals surface area contributed by atoms with Crippen LogP contribution in [0.3, 0.4) is 0 Å². The molecule has 1 fully saturated rings. The second kappa shape index (κ2) is 9.63. The summed E-state index contributed by atoms with van der Waals surface area (Å²) >= 11 is 0. The van der Waals surface area contributed by atoms with Gasteiger partial charge in [0.15, 0.2) is 0 Å². The van der Waals surface area contributed by atoms with Crippen LogP contribution >= 0.6 is 0 Å². The highest BCUT2D eigenvalue weighted by atomic mass is 16.5. The van der Waals surface area contributed by atoms with E-state index < -0.39 is 11.5 Å². The minimum absolute atomic E-state index is 0.0218. The van der Waals surface area contributed by atoms with E-state index in [9.17, 15) is 9.90 Å². The Labute approximate surface area is 201 Å². The molecule has 4 nitrogen and oxygen atoms in total. The SMILES string of the molecule is CCOC(=O)C1(c2ccc3c(c2)OC[C@H](Cc2ccc(-c4ccccc4)cc2)[C@@H]3O)CCCC1. The number of carbonyl (C=O) groups is 1. The zero-order valence-corrected chi connectivity index (χ0v) is 19.7. The fourth-order valence-electron chi connectivity index (χ4n) is 5.54. The van der Waals surface area contributed by atoms with Crippen LogP contribution in [0.4, 0.5) is 0 Å². The number of aliphatic hydroxyl groups is 1. The highest BCUT2D eigenvalue weighted by molar-refractivity contribution is 5.84. The van der Waals surface area contributed by atoms with Crippen LogP contribution in [0.25, 0.3) is 11.1 Å². The van der Waals surface area contributed by atoms with E-state index in [1.54, 1.807) is 0 Å². The van der Waals surface area contributed by atoms with Gasteiger partial charge in [-0.25, -0.2) is 0 Å². The molecule has 1 N–H and O–H groups in total. The first kappa shape index (κ1) is 22.7. The summed E-state index contributed by atoms with van der Waals surface area (Å²) < 4.78 is 11.6. The summed E-state index contributed by atoms with van der Waals surface area (Å²) in [6, 6.07) is 24.8. The maximum atomic E-state index is 12.9. The fraction of sp³-hybridized carbons (Fsp3) is 0.367. The highest BCUT2D eigenvalue weighted by Gasteiger charge is 2.45. The van der Waals surface area contributed by atoms with Crippen molar-refractivity contribution in [2.45, 2.75) is 50.5 Å². The van der Waals surface area contributed by atoms with Crippen LogP contribution in [0, 0.1) is 5.92 Å². The molecule has 0 saturated heterocycles. The Balaban J connectivity index is 1.32. The summed E-state index contributed by atoms with van der Waals surface area (Å²) in [5.41, 5.74) is 4.73. The number of hydrogen-bond acceptors (Lipinski definition) is 4. The van der Waals surface area contributed by atoms with Gasteiger partial charge in [0.2, 0.25) is 0 Å². The quantitative estimate of drug-likeness (QED) is 0.461. The number of carbonyl (C=O) groups excluding carboxylic acids is 1. The Morgan fingerprint density at radius 2 is 1.71 bits per heavy atom. The van der Waals surface area contributed by atoms with Gasteiger partial charge in [-0.05, 0) is 54.5 Å². The Hall–Kier alpha value is -3.11. The molecule has 0 bridgehead atoms. The predicted molar refractivity (Wildman–Crippen MR) is 133 cm³/mol. The van der Waals surface area contributed by atoms with Gasteiger partial charge in [-0.1, -0.05) is 79.6 Å². The molecule has 1 aliphatic carbocycles. The molecule has 1 aliphatic heterocycles. The van der Waals surface area contributed by atoms with Crippen LogP contribution in [0.15, 0.2) is 72.8 Å². The Morgan fingerprint density at radius 3 is 2.41 bits per heavy atom. The monoisotopic (exact) mass is 456 g/mol. The van der Waals surface area contributed by atoms with Crippen molar-refractivity contribution in [3.63, 3.8) is 0 Å². The third-order valence-corrected chi connectivity index (χ3v) is 7.47. The molecule has 0 aromatic heterocycles. The van der Waals surface area contributed by atoms with Crippen molar-refractivity contribution in [2.24, 2.45) is 5.92 Å². The molecule has 5 rings (SSSR count). The van der Waals surface area contributed by atoms with Crippen molar-refractivity contribution in [1.29, 1.82) is 0 Å². The topological polar surface area (TPSA) is 55.8 Å². The molecule has 0 spiro atoms. The molecule has 0 amide bonds. The van der Waals surface area contributed by atoms with E-state index in [1.807, 2.05) is 43.3 Å². The van der Waals surface area contributed by atoms with E-state index in [2.05, 4.69) is 36.4 Å². The van der Waals surface area contributed by atoms with Crippen LogP contribution < -0.4 is 4.74 Å². The number of rotatable bonds is 6. The summed E-state index contributed by atoms with van der Waals surface area (Å²) in [6.45, 7) is 2.68. The lowest BCUT2D eigenvalue weighted by molar-refractivity contribution is -0.150. The molecule has 3 aromatic carbocycles. The lowest BCUT2D eigenvalue weighted by atomic mass is 9.77. The second-order valence-corrected chi connectivity index (χ2v) is 9.55. The summed E-state index contributed by atoms with van der Waals surface area (Å²) in [4.78, 5) is 12.9. The Morgan fingerprint density at radius 1 is 1.00 bits per heavy atom. The molecular formula is C30H32O4. The zero-order chi connectivity index (χ0) is 23.5. The molecule has 2 aliphatic rings. The largest absolute Gasteiger partial charge is 0.493 e. The van der Waals surface area contributed by atoms with E-state index >= 15 is 0 Å². The molecule has 0 unspecified atom stereocenters. The average Bonchev–Trinajstić information content (AvgIpc) is 3.38. The van der Waals surface area contributed by atoms with Gasteiger partial charge in [-0.2, -0.15) is 0 Å². The fourth-order valence-corrected chi connectivity index (χ4v) is 5.54. The first-order valence-electron chi connectivity index (χ1n) is 12.4. The number of esters is 1. The van der Waals surface area contributed by atoms with E-state index in [-0.39, 0.29) is 11.9 Å². The molecule has 2 atom stereocenters. The smallest absolute Gasteiger partial charge is 0.316 e. The summed E-state index contributed by atoms with van der Waals surface area (Å²) in [5, 5.41) is 11.2. The van der Waals surface area contributed by atoms with Gasteiger partial charge in [-0.3, -0.25) is 4.79 Å². The van der Waals surface area contributed by atoms with Gasteiger partial charge in [0.25, 0.3) is 0 Å². The van der Waals surface area contributed by atoms with Gasteiger partial charge in [0, 0.05) is 11.5 Å². The van der Waals surface area contributed by atoms with Crippen molar-refractivity contribution in [3.05, 3.63) is 89.5 Å². The first-order chi connectivity index (χ1) is 16.6. The molecule has 1 saturated carbocycles. The van der Waals surface area contributed by atoms with E-state index in [4.69, 9.17) is 9.47 Å². The number of aliphatic hydroxyl groups excluding tert-OH is 1. The van der Waals surface area contributed by atoms with Crippen molar-refractivity contribution in [1.82, 2.24) is 0 Å². The van der Waals surface area contributed by atoms with Crippen LogP contribution in [0.5, 0.6) is 5.75 Å². The van der Waals surface area contributed by atoms with Gasteiger partial charge in [-0.15, -0.1) is 0 Å². The second-order valence-electron chi connectivity index (χ2n) is 9.55. The number of fused-ring (bicyclic) bond motifs is 1. The van der Waals surface area contributed by atoms with E-state index in [1.165, 1.54) is 16.7 Å². The molecule has 4 heteroatoms. The maximum Gasteiger partial charge on any atom is 0.316 e. The molecule has 34 heavy (non-hydrogen) atoms. The van der Waals surface area contributed by atoms with Gasteiger partial charge >= 0.3 is 5.97 Å². The average molecular weight is 457 g/mol. The zero-order valence-electron chi connectivity index (χ0n) is 19.7. The molecule has 1 heterocycles. The van der Waals surface area contributed by atoms with Crippen molar-refractivity contribution in [2.75, 3.05) is 13.2 Å². The summed E-state index contributed by atoms with van der Waals surface area (Å²) in [6.07, 6.45) is 3.77. The van der Waals surface area contributed by atoms with Gasteiger partial charge < -0.3 is 14.6 Å². The third kappa shape index (κ3) is 4.23. The van der Waals surface area contributed by atoms with E-state index in [0.29, 0.717) is 19.0 Å². The van der Waals surface area contributed by atoms with Gasteiger partial charge in [0.05, 0.1) is 24.7 Å². The van der Waals surface area contributed by atoms with Crippen molar-refractivity contribution < 1.29 is 19.4 Å². The molecule has 3 aromatic rings. The minimum Gasteiger partial charge on any atom is -0.493 e. The number of ether oxygens (including phenoxy) is 2. The Kier molecular flexibility index (Phi) is 6.42. The highest BCUT2D eigenvalue weighted by Crippen LogP contribution is 2.46. The Bertz CT molecular complexity index is 1130. The van der Waals surface area contributed by atoms with Crippen LogP contribution in [0.2, 0.25) is 0 Å². The molecular weight excluding hydrogens is 424 g/mol. The predicted octanol–water partition coefficient (Wildman–Crippen LogP) is 6.01. The lowest BCUT2D eigenvalue weighted by Crippen LogP contribution is -2.35. The van der Waals surface area contributed by atoms with E-state index in [0.717, 1.165) is 43.2 Å². The number of hydrogen-bond donors (Lipinski definition) is 1. The van der Waals surface area contributed by atoms with Crippen LogP contribution in [0.1, 0.15) is 55.4 Å². The maximum absolute atomic E-state index is 12.9. The van der Waals surface area contributed by atoms with Crippen molar-refractivity contribution >= 4 is 5.97 Å². The standard InChI is InChI=1S/C30H32O4/c1-2-33-29(32)30(16-6-7-17-30)25-14-15-26-27(19-25)34-20-24(28(26)31)18-21-10-12-23(13-11-21)22-8-4-3-5-9-22/h3-5,8-15,19,24,28,31H,2,6-7,16-18,20H2,1H3/t24-,28-/m0/s1.